The molecule has 11 heavy (non-hydrogen) atoms. The lowest BCUT2D eigenvalue weighted by Crippen LogP contribution is -2.37. The molecule has 1 atom stereocenters. The smallest absolute Gasteiger partial charge is 0.208 e. The van der Waals surface area contributed by atoms with Crippen LogP contribution in [-0.4, -0.2) is 38.8 Å². The quantitative estimate of drug-likeness (QED) is 0.505. The van der Waals surface area contributed by atoms with Crippen molar-refractivity contribution in [2.45, 2.75) is 12.5 Å². The zero-order valence-corrected chi connectivity index (χ0v) is 7.26. The summed E-state index contributed by atoms with van der Waals surface area (Å²) in [4.78, 5) is 0. The van der Waals surface area contributed by atoms with Gasteiger partial charge in [-0.25, -0.2) is 18.1 Å². The number of nitrogens with zero attached hydrogens (tertiary/aromatic N) is 1. The third-order valence-corrected chi connectivity index (χ3v) is 2.36. The fourth-order valence-electron chi connectivity index (χ4n) is 1.19. The third-order valence-electron chi connectivity index (χ3n) is 1.60. The molecule has 1 rings (SSSR count). The molecule has 6 heteroatoms. The number of rotatable bonds is 2. The molecule has 0 aromatic heterocycles. The van der Waals surface area contributed by atoms with Gasteiger partial charge in [-0.2, -0.15) is 0 Å². The van der Waals surface area contributed by atoms with Crippen molar-refractivity contribution in [3.8, 4) is 0 Å². The van der Waals surface area contributed by atoms with E-state index >= 15 is 0 Å². The van der Waals surface area contributed by atoms with Gasteiger partial charge in [0.05, 0.1) is 6.26 Å². The van der Waals surface area contributed by atoms with Crippen LogP contribution in [0, 0.1) is 0 Å². The minimum Gasteiger partial charge on any atom is -0.269 e. The van der Waals surface area contributed by atoms with Gasteiger partial charge in [-0.15, -0.1) is 0 Å². The largest absolute Gasteiger partial charge is 0.269 e. The van der Waals surface area contributed by atoms with E-state index in [0.29, 0.717) is 6.54 Å². The first-order valence-electron chi connectivity index (χ1n) is 3.44. The Morgan fingerprint density at radius 3 is 2.64 bits per heavy atom. The first-order chi connectivity index (χ1) is 4.97. The van der Waals surface area contributed by atoms with Gasteiger partial charge >= 0.3 is 0 Å². The van der Waals surface area contributed by atoms with Crippen molar-refractivity contribution in [2.24, 2.45) is 5.84 Å². The minimum atomic E-state index is -3.06. The van der Waals surface area contributed by atoms with Crippen LogP contribution in [0.5, 0.6) is 0 Å². The predicted octanol–water partition coefficient (Wildman–Crippen LogP) is -1.52. The number of hydrogen-bond donors (Lipinski definition) is 2. The molecule has 0 radical (unpaired) electrons. The summed E-state index contributed by atoms with van der Waals surface area (Å²) in [6, 6.07) is -0.00463. The van der Waals surface area contributed by atoms with Crippen molar-refractivity contribution in [1.82, 2.24) is 9.73 Å². The summed E-state index contributed by atoms with van der Waals surface area (Å²) in [6.07, 6.45) is 1.95. The number of nitrogens with one attached hydrogen (secondary N) is 1. The van der Waals surface area contributed by atoms with Crippen molar-refractivity contribution in [1.29, 1.82) is 0 Å². The SMILES string of the molecule is CS(=O)(=O)N[C@@H]1CCN(N)C1. The van der Waals surface area contributed by atoms with Gasteiger partial charge in [0.15, 0.2) is 0 Å². The minimum absolute atomic E-state index is 0.00463. The summed E-state index contributed by atoms with van der Waals surface area (Å²) >= 11 is 0. The molecule has 0 aromatic rings. The van der Waals surface area contributed by atoms with Crippen LogP contribution in [0.15, 0.2) is 0 Å². The maximum absolute atomic E-state index is 10.7. The number of sulfonamides is 1. The van der Waals surface area contributed by atoms with Crippen LogP contribution in [0.4, 0.5) is 0 Å². The highest BCUT2D eigenvalue weighted by Gasteiger charge is 2.22. The molecule has 0 amide bonds. The van der Waals surface area contributed by atoms with Gasteiger partial charge in [0.25, 0.3) is 0 Å². The summed E-state index contributed by atoms with van der Waals surface area (Å²) in [7, 11) is -3.06. The topological polar surface area (TPSA) is 75.4 Å². The van der Waals surface area contributed by atoms with Crippen LogP contribution in [0.2, 0.25) is 0 Å². The maximum atomic E-state index is 10.7. The molecule has 0 aromatic carbocycles. The van der Waals surface area contributed by atoms with Crippen LogP contribution < -0.4 is 10.6 Å². The van der Waals surface area contributed by atoms with Crippen LogP contribution >= 0.6 is 0 Å². The zero-order chi connectivity index (χ0) is 8.48. The normalized spacial score (nSPS) is 27.6. The average Bonchev–Trinajstić information content (AvgIpc) is 2.10. The van der Waals surface area contributed by atoms with Gasteiger partial charge in [-0.05, 0) is 6.42 Å². The Hall–Kier alpha value is -0.170. The molecule has 1 saturated heterocycles. The van der Waals surface area contributed by atoms with E-state index in [-0.39, 0.29) is 6.04 Å². The second-order valence-corrected chi connectivity index (χ2v) is 4.65. The molecule has 1 aliphatic heterocycles. The number of hydrazine groups is 1. The Morgan fingerprint density at radius 1 is 1.64 bits per heavy atom. The van der Waals surface area contributed by atoms with E-state index in [4.69, 9.17) is 5.84 Å². The van der Waals surface area contributed by atoms with E-state index in [0.717, 1.165) is 19.2 Å². The van der Waals surface area contributed by atoms with Crippen molar-refractivity contribution < 1.29 is 8.42 Å². The van der Waals surface area contributed by atoms with E-state index in [1.807, 2.05) is 0 Å². The molecule has 0 bridgehead atoms. The van der Waals surface area contributed by atoms with Crippen molar-refractivity contribution in [3.05, 3.63) is 0 Å². The lowest BCUT2D eigenvalue weighted by atomic mass is 10.3. The Morgan fingerprint density at radius 2 is 2.27 bits per heavy atom. The zero-order valence-electron chi connectivity index (χ0n) is 6.45. The molecule has 5 nitrogen and oxygen atoms in total. The molecule has 1 fully saturated rings. The van der Waals surface area contributed by atoms with E-state index in [1.54, 1.807) is 5.01 Å². The molecule has 1 heterocycles. The summed E-state index contributed by atoms with van der Waals surface area (Å²) in [6.45, 7) is 1.36. The molecule has 66 valence electrons. The molecule has 3 N–H and O–H groups in total. The molecular formula is C5H13N3O2S. The van der Waals surface area contributed by atoms with Crippen LogP contribution in [0.1, 0.15) is 6.42 Å². The predicted molar refractivity (Wildman–Crippen MR) is 42.1 cm³/mol. The summed E-state index contributed by atoms with van der Waals surface area (Å²) in [5, 5.41) is 1.61. The molecular weight excluding hydrogens is 166 g/mol. The monoisotopic (exact) mass is 179 g/mol. The van der Waals surface area contributed by atoms with Gasteiger partial charge in [0.2, 0.25) is 10.0 Å². The fraction of sp³-hybridized carbons (Fsp3) is 1.00. The highest BCUT2D eigenvalue weighted by Crippen LogP contribution is 2.04. The van der Waals surface area contributed by atoms with E-state index in [9.17, 15) is 8.42 Å². The van der Waals surface area contributed by atoms with Crippen LogP contribution in [0.25, 0.3) is 0 Å². The molecule has 0 saturated carbocycles. The van der Waals surface area contributed by atoms with Crippen molar-refractivity contribution in [3.63, 3.8) is 0 Å². The third kappa shape index (κ3) is 3.15. The lowest BCUT2D eigenvalue weighted by molar-refractivity contribution is 0.347. The second kappa shape index (κ2) is 3.06. The second-order valence-electron chi connectivity index (χ2n) is 2.87. The van der Waals surface area contributed by atoms with Gasteiger partial charge < -0.3 is 0 Å². The number of nitrogens with two attached hydrogens (primary N) is 1. The Bertz CT molecular complexity index is 226. The summed E-state index contributed by atoms with van der Waals surface area (Å²) in [5.74, 6) is 5.44. The first-order valence-corrected chi connectivity index (χ1v) is 5.33. The average molecular weight is 179 g/mol. The lowest BCUT2D eigenvalue weighted by Gasteiger charge is -2.09. The summed E-state index contributed by atoms with van der Waals surface area (Å²) < 4.78 is 23.9. The fourth-order valence-corrected chi connectivity index (χ4v) is 1.98. The van der Waals surface area contributed by atoms with E-state index in [1.165, 1.54) is 0 Å². The standard InChI is InChI=1S/C5H13N3O2S/c1-11(9,10)7-5-2-3-8(6)4-5/h5,7H,2-4,6H2,1H3/t5-/m1/s1. The van der Waals surface area contributed by atoms with Crippen molar-refractivity contribution >= 4 is 10.0 Å². The van der Waals surface area contributed by atoms with E-state index < -0.39 is 10.0 Å². The number of hydrogen-bond acceptors (Lipinski definition) is 4. The molecule has 0 spiro atoms. The first kappa shape index (κ1) is 8.92. The van der Waals surface area contributed by atoms with Gasteiger partial charge in [-0.3, -0.25) is 5.84 Å². The van der Waals surface area contributed by atoms with Crippen molar-refractivity contribution in [2.75, 3.05) is 19.3 Å². The molecule has 0 aliphatic carbocycles. The molecule has 0 unspecified atom stereocenters. The van der Waals surface area contributed by atoms with Gasteiger partial charge in [0, 0.05) is 19.1 Å². The van der Waals surface area contributed by atoms with Crippen LogP contribution in [-0.2, 0) is 10.0 Å². The highest BCUT2D eigenvalue weighted by atomic mass is 32.2. The molecule has 1 aliphatic rings. The Labute approximate surface area is 66.6 Å². The Balaban J connectivity index is 2.41. The highest BCUT2D eigenvalue weighted by molar-refractivity contribution is 7.88. The van der Waals surface area contributed by atoms with E-state index in [2.05, 4.69) is 4.72 Å². The maximum Gasteiger partial charge on any atom is 0.208 e. The Kier molecular flexibility index (Phi) is 2.48. The van der Waals surface area contributed by atoms with Gasteiger partial charge in [0.1, 0.15) is 0 Å². The van der Waals surface area contributed by atoms with Gasteiger partial charge in [-0.1, -0.05) is 0 Å². The van der Waals surface area contributed by atoms with Crippen LogP contribution in [0.3, 0.4) is 0 Å². The summed E-state index contributed by atoms with van der Waals surface area (Å²) in [5.41, 5.74) is 0.